The third kappa shape index (κ3) is 3.35. The van der Waals surface area contributed by atoms with Crippen molar-refractivity contribution in [3.05, 3.63) is 35.4 Å². The molecule has 1 fully saturated rings. The van der Waals surface area contributed by atoms with Crippen LogP contribution in [0.15, 0.2) is 24.3 Å². The number of hydrogen-bond acceptors (Lipinski definition) is 2. The number of aliphatic carboxylic acids is 1. The van der Waals surface area contributed by atoms with Gasteiger partial charge in [0, 0.05) is 13.7 Å². The Balaban J connectivity index is 2.05. The van der Waals surface area contributed by atoms with E-state index in [9.17, 15) is 9.90 Å². The zero-order valence-electron chi connectivity index (χ0n) is 11.7. The highest BCUT2D eigenvalue weighted by molar-refractivity contribution is 5.78. The van der Waals surface area contributed by atoms with Crippen molar-refractivity contribution in [3.63, 3.8) is 0 Å². The molecular weight excluding hydrogens is 240 g/mol. The van der Waals surface area contributed by atoms with Crippen LogP contribution in [0.4, 0.5) is 0 Å². The van der Waals surface area contributed by atoms with Gasteiger partial charge in [0.2, 0.25) is 0 Å². The fourth-order valence-corrected chi connectivity index (χ4v) is 2.48. The highest BCUT2D eigenvalue weighted by Crippen LogP contribution is 2.48. The van der Waals surface area contributed by atoms with Crippen molar-refractivity contribution in [3.8, 4) is 0 Å². The quantitative estimate of drug-likeness (QED) is 0.820. The molecule has 0 aromatic heterocycles. The fourth-order valence-electron chi connectivity index (χ4n) is 2.48. The van der Waals surface area contributed by atoms with Gasteiger partial charge in [-0.2, -0.15) is 0 Å². The van der Waals surface area contributed by atoms with E-state index in [1.165, 1.54) is 5.56 Å². The lowest BCUT2D eigenvalue weighted by Gasteiger charge is -2.14. The van der Waals surface area contributed by atoms with Crippen molar-refractivity contribution in [2.45, 2.75) is 38.5 Å². The van der Waals surface area contributed by atoms with E-state index in [-0.39, 0.29) is 0 Å². The maximum atomic E-state index is 11.2. The van der Waals surface area contributed by atoms with Crippen molar-refractivity contribution in [1.29, 1.82) is 0 Å². The van der Waals surface area contributed by atoms with Crippen LogP contribution in [-0.2, 0) is 16.0 Å². The smallest absolute Gasteiger partial charge is 0.309 e. The molecule has 0 saturated heterocycles. The van der Waals surface area contributed by atoms with E-state index in [0.717, 1.165) is 31.4 Å². The van der Waals surface area contributed by atoms with Gasteiger partial charge >= 0.3 is 5.97 Å². The first kappa shape index (κ1) is 14.1. The van der Waals surface area contributed by atoms with Crippen LogP contribution in [0.5, 0.6) is 0 Å². The minimum absolute atomic E-state index is 0.444. The first-order chi connectivity index (χ1) is 9.07. The van der Waals surface area contributed by atoms with E-state index >= 15 is 0 Å². The molecule has 2 rings (SSSR count). The molecule has 1 aliphatic carbocycles. The molecule has 1 aromatic carbocycles. The molecule has 0 aliphatic heterocycles. The normalized spacial score (nSPS) is 18.0. The minimum Gasteiger partial charge on any atom is -0.481 e. The summed E-state index contributed by atoms with van der Waals surface area (Å²) < 4.78 is 5.11. The van der Waals surface area contributed by atoms with Gasteiger partial charge in [0.15, 0.2) is 0 Å². The summed E-state index contributed by atoms with van der Waals surface area (Å²) in [5.41, 5.74) is 1.94. The van der Waals surface area contributed by atoms with Crippen LogP contribution in [-0.4, -0.2) is 24.8 Å². The summed E-state index contributed by atoms with van der Waals surface area (Å²) in [6, 6.07) is 8.34. The summed E-state index contributed by atoms with van der Waals surface area (Å²) in [5.74, 6) is -0.204. The van der Waals surface area contributed by atoms with Gasteiger partial charge in [-0.25, -0.2) is 0 Å². The van der Waals surface area contributed by atoms with Crippen molar-refractivity contribution in [1.82, 2.24) is 0 Å². The second-order valence-electron chi connectivity index (χ2n) is 5.69. The van der Waals surface area contributed by atoms with Crippen molar-refractivity contribution in [2.75, 3.05) is 13.7 Å². The Labute approximate surface area is 114 Å². The van der Waals surface area contributed by atoms with Crippen LogP contribution >= 0.6 is 0 Å². The molecule has 0 spiro atoms. The number of carbonyl (C=O) groups is 1. The van der Waals surface area contributed by atoms with Crippen LogP contribution in [0.1, 0.15) is 43.2 Å². The van der Waals surface area contributed by atoms with Gasteiger partial charge in [0.1, 0.15) is 0 Å². The Kier molecular flexibility index (Phi) is 4.25. The molecule has 1 N–H and O–H groups in total. The molecule has 1 aromatic rings. The number of rotatable bonds is 7. The van der Waals surface area contributed by atoms with Crippen molar-refractivity contribution in [2.24, 2.45) is 5.41 Å². The van der Waals surface area contributed by atoms with Crippen molar-refractivity contribution >= 4 is 5.97 Å². The Bertz CT molecular complexity index is 449. The highest BCUT2D eigenvalue weighted by atomic mass is 16.5. The summed E-state index contributed by atoms with van der Waals surface area (Å²) in [5, 5.41) is 9.24. The fraction of sp³-hybridized carbons (Fsp3) is 0.562. The van der Waals surface area contributed by atoms with Gasteiger partial charge in [-0.1, -0.05) is 31.2 Å². The number of ether oxygens (including phenoxy) is 1. The number of benzene rings is 1. The van der Waals surface area contributed by atoms with E-state index in [1.54, 1.807) is 7.11 Å². The summed E-state index contributed by atoms with van der Waals surface area (Å²) in [6.45, 7) is 2.94. The summed E-state index contributed by atoms with van der Waals surface area (Å²) in [7, 11) is 1.72. The lowest BCUT2D eigenvalue weighted by atomic mass is 9.91. The maximum absolute atomic E-state index is 11.2. The molecule has 1 atom stereocenters. The number of methoxy groups -OCH3 is 1. The Hall–Kier alpha value is -1.35. The summed E-state index contributed by atoms with van der Waals surface area (Å²) >= 11 is 0. The molecule has 19 heavy (non-hydrogen) atoms. The molecule has 3 nitrogen and oxygen atoms in total. The molecule has 0 bridgehead atoms. The van der Waals surface area contributed by atoms with Gasteiger partial charge < -0.3 is 9.84 Å². The van der Waals surface area contributed by atoms with E-state index in [1.807, 2.05) is 12.1 Å². The predicted octanol–water partition coefficient (Wildman–Crippen LogP) is 3.23. The van der Waals surface area contributed by atoms with Crippen LogP contribution in [0.25, 0.3) is 0 Å². The largest absolute Gasteiger partial charge is 0.481 e. The van der Waals surface area contributed by atoms with Gasteiger partial charge in [-0.3, -0.25) is 4.79 Å². The Morgan fingerprint density at radius 2 is 2.21 bits per heavy atom. The average molecular weight is 262 g/mol. The SMILES string of the molecule is COCCC(C)c1cccc(CC2(C(=O)O)CC2)c1. The Morgan fingerprint density at radius 1 is 1.47 bits per heavy atom. The van der Waals surface area contributed by atoms with E-state index in [0.29, 0.717) is 12.3 Å². The number of carboxylic acids is 1. The lowest BCUT2D eigenvalue weighted by Crippen LogP contribution is -2.17. The van der Waals surface area contributed by atoms with E-state index < -0.39 is 11.4 Å². The first-order valence-electron chi connectivity index (χ1n) is 6.88. The zero-order chi connectivity index (χ0) is 13.9. The molecular formula is C16H22O3. The third-order valence-corrected chi connectivity index (χ3v) is 4.12. The maximum Gasteiger partial charge on any atom is 0.309 e. The zero-order valence-corrected chi connectivity index (χ0v) is 11.7. The van der Waals surface area contributed by atoms with Gasteiger partial charge in [-0.05, 0) is 42.7 Å². The van der Waals surface area contributed by atoms with E-state index in [4.69, 9.17) is 4.74 Å². The van der Waals surface area contributed by atoms with Gasteiger partial charge in [0.25, 0.3) is 0 Å². The number of carboxylic acid groups (broad SMARTS) is 1. The molecule has 104 valence electrons. The number of hydrogen-bond donors (Lipinski definition) is 1. The molecule has 1 aliphatic rings. The monoisotopic (exact) mass is 262 g/mol. The second-order valence-corrected chi connectivity index (χ2v) is 5.69. The summed E-state index contributed by atoms with van der Waals surface area (Å²) in [6.07, 6.45) is 3.27. The van der Waals surface area contributed by atoms with Crippen LogP contribution in [0.2, 0.25) is 0 Å². The lowest BCUT2D eigenvalue weighted by molar-refractivity contribution is -0.143. The molecule has 0 amide bonds. The molecule has 0 heterocycles. The third-order valence-electron chi connectivity index (χ3n) is 4.12. The second kappa shape index (κ2) is 5.74. The molecule has 1 unspecified atom stereocenters. The minimum atomic E-state index is -0.648. The summed E-state index contributed by atoms with van der Waals surface area (Å²) in [4.78, 5) is 11.2. The molecule has 0 radical (unpaired) electrons. The molecule has 1 saturated carbocycles. The first-order valence-corrected chi connectivity index (χ1v) is 6.88. The highest BCUT2D eigenvalue weighted by Gasteiger charge is 2.49. The predicted molar refractivity (Wildman–Crippen MR) is 74.4 cm³/mol. The Morgan fingerprint density at radius 3 is 2.79 bits per heavy atom. The topological polar surface area (TPSA) is 46.5 Å². The van der Waals surface area contributed by atoms with Gasteiger partial charge in [-0.15, -0.1) is 0 Å². The van der Waals surface area contributed by atoms with Crippen LogP contribution < -0.4 is 0 Å². The molecule has 3 heteroatoms. The average Bonchev–Trinajstić information content (AvgIpc) is 3.17. The van der Waals surface area contributed by atoms with Crippen molar-refractivity contribution < 1.29 is 14.6 Å². The van der Waals surface area contributed by atoms with Gasteiger partial charge in [0.05, 0.1) is 5.41 Å². The van der Waals surface area contributed by atoms with Crippen LogP contribution in [0.3, 0.4) is 0 Å². The standard InChI is InChI=1S/C16H22O3/c1-12(6-9-19-2)14-5-3-4-13(10-14)11-16(7-8-16)15(17)18/h3-5,10,12H,6-9,11H2,1-2H3,(H,17,18). The van der Waals surface area contributed by atoms with E-state index in [2.05, 4.69) is 19.1 Å². The van der Waals surface area contributed by atoms with Crippen LogP contribution in [0, 0.1) is 5.41 Å².